The molecule has 8 heteroatoms. The van der Waals surface area contributed by atoms with Crippen LogP contribution in [0.15, 0.2) is 47.5 Å². The van der Waals surface area contributed by atoms with Crippen molar-refractivity contribution in [3.8, 4) is 34.8 Å². The number of hydrogen-bond acceptors (Lipinski definition) is 8. The summed E-state index contributed by atoms with van der Waals surface area (Å²) in [5.41, 5.74) is 8.92. The molecule has 0 aliphatic carbocycles. The molecule has 7 nitrogen and oxygen atoms in total. The van der Waals surface area contributed by atoms with Gasteiger partial charge >= 0.3 is 0 Å². The number of aromatic nitrogens is 1. The Hall–Kier alpha value is -4.01. The summed E-state index contributed by atoms with van der Waals surface area (Å²) in [6, 6.07) is 16.6. The van der Waals surface area contributed by atoms with Crippen molar-refractivity contribution in [3.05, 3.63) is 64.7 Å². The molecule has 0 bridgehead atoms. The molecule has 0 spiro atoms. The zero-order valence-electron chi connectivity index (χ0n) is 17.8. The fourth-order valence-electron chi connectivity index (χ4n) is 3.15. The number of ketones is 1. The third kappa shape index (κ3) is 4.51. The van der Waals surface area contributed by atoms with Gasteiger partial charge < -0.3 is 15.2 Å². The van der Waals surface area contributed by atoms with E-state index in [0.717, 1.165) is 17.3 Å². The van der Waals surface area contributed by atoms with Gasteiger partial charge in [-0.25, -0.2) is 4.98 Å². The van der Waals surface area contributed by atoms with Crippen molar-refractivity contribution in [1.82, 2.24) is 4.98 Å². The Morgan fingerprint density at radius 2 is 1.75 bits per heavy atom. The number of nitriles is 2. The third-order valence-corrected chi connectivity index (χ3v) is 5.78. The van der Waals surface area contributed by atoms with Crippen LogP contribution in [0.4, 0.5) is 5.82 Å². The van der Waals surface area contributed by atoms with Crippen LogP contribution in [0.2, 0.25) is 0 Å². The number of nitrogen functional groups attached to an aromatic ring is 1. The minimum absolute atomic E-state index is 0.00302. The molecular formula is C24H20N4O3S. The van der Waals surface area contributed by atoms with E-state index >= 15 is 0 Å². The normalized spacial score (nSPS) is 10.2. The highest BCUT2D eigenvalue weighted by Gasteiger charge is 2.22. The quantitative estimate of drug-likeness (QED) is 0.421. The topological polar surface area (TPSA) is 122 Å². The minimum Gasteiger partial charge on any atom is -0.497 e. The number of Topliss-reactive ketones (excluding diaryl/α,β-unsaturated/α-hetero) is 1. The smallest absolute Gasteiger partial charge is 0.176 e. The molecule has 3 aromatic rings. The fourth-order valence-corrected chi connectivity index (χ4v) is 4.03. The number of hydrogen-bond donors (Lipinski definition) is 1. The average molecular weight is 445 g/mol. The van der Waals surface area contributed by atoms with E-state index in [0.29, 0.717) is 33.2 Å². The van der Waals surface area contributed by atoms with Gasteiger partial charge in [-0.15, -0.1) is 0 Å². The monoisotopic (exact) mass is 444 g/mol. The number of methoxy groups -OCH3 is 2. The van der Waals surface area contributed by atoms with Crippen LogP contribution >= 0.6 is 11.8 Å². The summed E-state index contributed by atoms with van der Waals surface area (Å²) in [5.74, 6) is 0.771. The molecule has 2 N–H and O–H groups in total. The number of thioether (sulfide) groups is 1. The summed E-state index contributed by atoms with van der Waals surface area (Å²) in [4.78, 5) is 17.1. The molecule has 0 atom stereocenters. The van der Waals surface area contributed by atoms with E-state index in [-0.39, 0.29) is 28.5 Å². The number of rotatable bonds is 7. The van der Waals surface area contributed by atoms with Crippen molar-refractivity contribution in [2.24, 2.45) is 0 Å². The minimum atomic E-state index is -0.208. The Kier molecular flexibility index (Phi) is 6.99. The molecule has 32 heavy (non-hydrogen) atoms. The van der Waals surface area contributed by atoms with E-state index in [1.54, 1.807) is 18.2 Å². The van der Waals surface area contributed by atoms with Crippen molar-refractivity contribution < 1.29 is 14.3 Å². The number of carbonyl (C=O) groups excluding carboxylic acids is 1. The predicted octanol–water partition coefficient (Wildman–Crippen LogP) is 4.37. The summed E-state index contributed by atoms with van der Waals surface area (Å²) < 4.78 is 10.5. The molecule has 3 rings (SSSR count). The molecule has 1 heterocycles. The number of carbonyl (C=O) groups is 1. The third-order valence-electron chi connectivity index (χ3n) is 4.80. The summed E-state index contributed by atoms with van der Waals surface area (Å²) in [6.45, 7) is 1.95. The Bertz CT molecular complexity index is 1260. The number of nitrogens with two attached hydrogens (primary N) is 1. The SMILES string of the molecule is COc1ccc(C(=O)CSc2nc(N)c(C#N)c(-c3ccc(C)cc3)c2C#N)c(OC)c1. The van der Waals surface area contributed by atoms with Crippen LogP contribution in [0.5, 0.6) is 11.5 Å². The van der Waals surface area contributed by atoms with Gasteiger partial charge in [0.05, 0.1) is 31.1 Å². The zero-order valence-corrected chi connectivity index (χ0v) is 18.6. The zero-order chi connectivity index (χ0) is 23.3. The van der Waals surface area contributed by atoms with E-state index in [4.69, 9.17) is 15.2 Å². The molecule has 160 valence electrons. The van der Waals surface area contributed by atoms with Crippen LogP contribution in [0.3, 0.4) is 0 Å². The molecular weight excluding hydrogens is 424 g/mol. The molecule has 0 radical (unpaired) electrons. The van der Waals surface area contributed by atoms with Gasteiger partial charge in [0.15, 0.2) is 5.78 Å². The number of nitrogens with zero attached hydrogens (tertiary/aromatic N) is 3. The van der Waals surface area contributed by atoms with Crippen LogP contribution in [-0.2, 0) is 0 Å². The first-order valence-corrected chi connectivity index (χ1v) is 10.5. The van der Waals surface area contributed by atoms with Crippen LogP contribution in [0, 0.1) is 29.6 Å². The van der Waals surface area contributed by atoms with Gasteiger partial charge in [0, 0.05) is 11.6 Å². The van der Waals surface area contributed by atoms with Crippen LogP contribution < -0.4 is 15.2 Å². The molecule has 2 aromatic carbocycles. The van der Waals surface area contributed by atoms with Crippen LogP contribution in [0.25, 0.3) is 11.1 Å². The van der Waals surface area contributed by atoms with Gasteiger partial charge in [0.25, 0.3) is 0 Å². The first kappa shape index (κ1) is 22.7. The molecule has 1 aromatic heterocycles. The molecule has 0 aliphatic rings. The highest BCUT2D eigenvalue weighted by molar-refractivity contribution is 8.00. The van der Waals surface area contributed by atoms with Gasteiger partial charge in [0.1, 0.15) is 40.0 Å². The van der Waals surface area contributed by atoms with E-state index in [9.17, 15) is 15.3 Å². The van der Waals surface area contributed by atoms with Crippen molar-refractivity contribution in [2.45, 2.75) is 11.9 Å². The molecule has 0 aliphatic heterocycles. The van der Waals surface area contributed by atoms with Gasteiger partial charge in [-0.2, -0.15) is 10.5 Å². The summed E-state index contributed by atoms with van der Waals surface area (Å²) in [5, 5.41) is 19.8. The predicted molar refractivity (Wildman–Crippen MR) is 123 cm³/mol. The molecule has 0 amide bonds. The second-order valence-electron chi connectivity index (χ2n) is 6.79. The second kappa shape index (κ2) is 9.86. The summed E-state index contributed by atoms with van der Waals surface area (Å²) in [7, 11) is 3.01. The maximum atomic E-state index is 12.9. The van der Waals surface area contributed by atoms with E-state index in [1.165, 1.54) is 14.2 Å². The van der Waals surface area contributed by atoms with Gasteiger partial charge in [-0.1, -0.05) is 41.6 Å². The highest BCUT2D eigenvalue weighted by atomic mass is 32.2. The maximum absolute atomic E-state index is 12.9. The molecule has 0 saturated carbocycles. The lowest BCUT2D eigenvalue weighted by Gasteiger charge is -2.13. The van der Waals surface area contributed by atoms with E-state index in [2.05, 4.69) is 17.1 Å². The van der Waals surface area contributed by atoms with Gasteiger partial charge in [-0.3, -0.25) is 4.79 Å². The van der Waals surface area contributed by atoms with Gasteiger partial charge in [-0.05, 0) is 24.6 Å². The Morgan fingerprint density at radius 3 is 2.34 bits per heavy atom. The Balaban J connectivity index is 1.99. The summed E-state index contributed by atoms with van der Waals surface area (Å²) in [6.07, 6.45) is 0. The number of aryl methyl sites for hydroxylation is 1. The van der Waals surface area contributed by atoms with Crippen LogP contribution in [0.1, 0.15) is 27.0 Å². The Morgan fingerprint density at radius 1 is 1.06 bits per heavy atom. The van der Waals surface area contributed by atoms with E-state index < -0.39 is 0 Å². The van der Waals surface area contributed by atoms with Crippen molar-refractivity contribution in [1.29, 1.82) is 10.5 Å². The first-order chi connectivity index (χ1) is 15.4. The number of benzene rings is 2. The summed E-state index contributed by atoms with van der Waals surface area (Å²) >= 11 is 1.09. The van der Waals surface area contributed by atoms with Crippen molar-refractivity contribution in [3.63, 3.8) is 0 Å². The molecule has 0 saturated heterocycles. The largest absolute Gasteiger partial charge is 0.497 e. The van der Waals surface area contributed by atoms with Crippen molar-refractivity contribution >= 4 is 23.4 Å². The average Bonchev–Trinajstić information content (AvgIpc) is 2.82. The lowest BCUT2D eigenvalue weighted by molar-refractivity contribution is 0.101. The maximum Gasteiger partial charge on any atom is 0.176 e. The van der Waals surface area contributed by atoms with E-state index in [1.807, 2.05) is 31.2 Å². The fraction of sp³-hybridized carbons (Fsp3) is 0.167. The number of anilines is 1. The highest BCUT2D eigenvalue weighted by Crippen LogP contribution is 2.36. The number of pyridine rings is 1. The number of ether oxygens (including phenoxy) is 2. The molecule has 0 fully saturated rings. The first-order valence-electron chi connectivity index (χ1n) is 9.52. The van der Waals surface area contributed by atoms with Crippen molar-refractivity contribution in [2.75, 3.05) is 25.7 Å². The second-order valence-corrected chi connectivity index (χ2v) is 7.76. The van der Waals surface area contributed by atoms with Gasteiger partial charge in [0.2, 0.25) is 0 Å². The lowest BCUT2D eigenvalue weighted by Crippen LogP contribution is -2.08. The lowest BCUT2D eigenvalue weighted by atomic mass is 9.96. The molecule has 0 unspecified atom stereocenters. The standard InChI is InChI=1S/C24H20N4O3S/c1-14-4-6-15(7-5-14)22-18(11-25)23(27)28-24(19(22)12-26)32-13-20(29)17-9-8-16(30-2)10-21(17)31-3/h4-10H,13H2,1-3H3,(H2,27,28). The van der Waals surface area contributed by atoms with Crippen LogP contribution in [-0.4, -0.2) is 30.7 Å². The Labute approximate surface area is 190 Å².